The van der Waals surface area contributed by atoms with Gasteiger partial charge in [0.15, 0.2) is 5.58 Å². The third kappa shape index (κ3) is 3.65. The zero-order valence-electron chi connectivity index (χ0n) is 18.4. The quantitative estimate of drug-likeness (QED) is 0.385. The molecule has 0 radical (unpaired) electrons. The van der Waals surface area contributed by atoms with Crippen molar-refractivity contribution in [1.29, 1.82) is 0 Å². The number of anilines is 2. The van der Waals surface area contributed by atoms with Crippen LogP contribution in [-0.2, 0) is 4.79 Å². The molecule has 1 amide bonds. The van der Waals surface area contributed by atoms with Gasteiger partial charge in [-0.2, -0.15) is 4.98 Å². The van der Waals surface area contributed by atoms with Crippen molar-refractivity contribution in [2.24, 2.45) is 0 Å². The molecule has 1 aliphatic rings. The van der Waals surface area contributed by atoms with Gasteiger partial charge in [0.1, 0.15) is 23.3 Å². The highest BCUT2D eigenvalue weighted by Gasteiger charge is 2.28. The lowest BCUT2D eigenvalue weighted by Gasteiger charge is -2.15. The van der Waals surface area contributed by atoms with Crippen molar-refractivity contribution in [3.8, 4) is 11.8 Å². The van der Waals surface area contributed by atoms with E-state index in [9.17, 15) is 4.79 Å². The fraction of sp³-hybridized carbons (Fsp3) is 0.250. The SMILES string of the molecule is C=CC(=O)N1CC[C@H](n2cc(C#Cc3ccc4oc(N(C)C)nc4c3)c3c(N)ncnc32)C1. The van der Waals surface area contributed by atoms with Crippen molar-refractivity contribution < 1.29 is 9.21 Å². The van der Waals surface area contributed by atoms with Gasteiger partial charge in [-0.3, -0.25) is 4.79 Å². The lowest BCUT2D eigenvalue weighted by molar-refractivity contribution is -0.125. The standard InChI is InChI=1S/C24H23N7O2/c1-4-20(32)30-10-9-17(13-30)31-12-16(21-22(25)26-14-27-23(21)31)7-5-15-6-8-19-18(11-15)28-24(33-19)29(2)3/h4,6,8,11-12,14,17H,1,9-10,13H2,2-3H3,(H2,25,26,27)/t17-/m0/s1. The molecule has 0 aliphatic carbocycles. The van der Waals surface area contributed by atoms with Crippen LogP contribution in [0.2, 0.25) is 0 Å². The highest BCUT2D eigenvalue weighted by Crippen LogP contribution is 2.30. The van der Waals surface area contributed by atoms with Gasteiger partial charge in [0, 0.05) is 38.9 Å². The third-order valence-corrected chi connectivity index (χ3v) is 5.78. The van der Waals surface area contributed by atoms with Crippen LogP contribution in [0.15, 0.2) is 47.8 Å². The second kappa shape index (κ2) is 7.98. The number of carbonyl (C=O) groups excluding carboxylic acids is 1. The number of fused-ring (bicyclic) bond motifs is 2. The maximum atomic E-state index is 12.0. The Morgan fingerprint density at radius 3 is 2.97 bits per heavy atom. The van der Waals surface area contributed by atoms with Crippen LogP contribution in [0.3, 0.4) is 0 Å². The van der Waals surface area contributed by atoms with E-state index in [4.69, 9.17) is 10.2 Å². The van der Waals surface area contributed by atoms with E-state index in [0.29, 0.717) is 36.2 Å². The first-order valence-electron chi connectivity index (χ1n) is 10.6. The van der Waals surface area contributed by atoms with Crippen LogP contribution in [0.5, 0.6) is 0 Å². The smallest absolute Gasteiger partial charge is 0.297 e. The predicted octanol–water partition coefficient (Wildman–Crippen LogP) is 2.58. The van der Waals surface area contributed by atoms with Crippen LogP contribution in [0.1, 0.15) is 23.6 Å². The van der Waals surface area contributed by atoms with Crippen molar-refractivity contribution in [3.63, 3.8) is 0 Å². The summed E-state index contributed by atoms with van der Waals surface area (Å²) in [6, 6.07) is 6.28. The maximum absolute atomic E-state index is 12.0. The normalized spacial score (nSPS) is 15.6. The van der Waals surface area contributed by atoms with Crippen molar-refractivity contribution >= 4 is 39.9 Å². The molecule has 1 aliphatic heterocycles. The van der Waals surface area contributed by atoms with Gasteiger partial charge < -0.3 is 24.5 Å². The fourth-order valence-electron chi connectivity index (χ4n) is 4.10. The Hall–Kier alpha value is -4.32. The average Bonchev–Trinajstić information content (AvgIpc) is 3.53. The number of amides is 1. The molecule has 33 heavy (non-hydrogen) atoms. The Balaban J connectivity index is 1.52. The summed E-state index contributed by atoms with van der Waals surface area (Å²) >= 11 is 0. The number of oxazole rings is 1. The number of nitrogens with two attached hydrogens (primary N) is 1. The van der Waals surface area contributed by atoms with E-state index < -0.39 is 0 Å². The van der Waals surface area contributed by atoms with E-state index in [1.165, 1.54) is 12.4 Å². The van der Waals surface area contributed by atoms with Crippen molar-refractivity contribution in [1.82, 2.24) is 24.4 Å². The van der Waals surface area contributed by atoms with Crippen LogP contribution in [0.4, 0.5) is 11.8 Å². The second-order valence-electron chi connectivity index (χ2n) is 8.16. The Labute approximate surface area is 190 Å². The Morgan fingerprint density at radius 1 is 1.33 bits per heavy atom. The zero-order valence-corrected chi connectivity index (χ0v) is 18.4. The van der Waals surface area contributed by atoms with Gasteiger partial charge in [-0.15, -0.1) is 0 Å². The Bertz CT molecular complexity index is 1450. The number of hydrogen-bond acceptors (Lipinski definition) is 7. The molecule has 4 aromatic rings. The first-order valence-corrected chi connectivity index (χ1v) is 10.6. The van der Waals surface area contributed by atoms with Crippen molar-refractivity contribution in [2.75, 3.05) is 37.8 Å². The Kier molecular flexibility index (Phi) is 4.98. The van der Waals surface area contributed by atoms with E-state index in [-0.39, 0.29) is 11.9 Å². The topological polar surface area (TPSA) is 106 Å². The molecule has 0 bridgehead atoms. The first kappa shape index (κ1) is 20.6. The molecule has 166 valence electrons. The molecule has 0 saturated carbocycles. The summed E-state index contributed by atoms with van der Waals surface area (Å²) in [4.78, 5) is 28.7. The van der Waals surface area contributed by atoms with E-state index in [1.54, 1.807) is 4.90 Å². The van der Waals surface area contributed by atoms with Gasteiger partial charge in [0.25, 0.3) is 6.01 Å². The van der Waals surface area contributed by atoms with Gasteiger partial charge in [0.2, 0.25) is 5.91 Å². The third-order valence-electron chi connectivity index (χ3n) is 5.78. The molecule has 5 rings (SSSR count). The molecular formula is C24H23N7O2. The number of nitrogens with zero attached hydrogens (tertiary/aromatic N) is 6. The van der Waals surface area contributed by atoms with Crippen LogP contribution in [0, 0.1) is 11.8 Å². The molecule has 1 aromatic carbocycles. The number of nitrogen functional groups attached to an aromatic ring is 1. The predicted molar refractivity (Wildman–Crippen MR) is 127 cm³/mol. The summed E-state index contributed by atoms with van der Waals surface area (Å²) < 4.78 is 7.76. The first-order chi connectivity index (χ1) is 15.9. The number of likely N-dealkylation sites (tertiary alicyclic amines) is 1. The molecule has 3 aromatic heterocycles. The van der Waals surface area contributed by atoms with Gasteiger partial charge in [-0.1, -0.05) is 18.4 Å². The minimum atomic E-state index is -0.0659. The number of hydrogen-bond donors (Lipinski definition) is 1. The van der Waals surface area contributed by atoms with Crippen molar-refractivity contribution in [2.45, 2.75) is 12.5 Å². The molecule has 2 N–H and O–H groups in total. The number of aromatic nitrogens is 4. The molecule has 4 heterocycles. The van der Waals surface area contributed by atoms with E-state index >= 15 is 0 Å². The summed E-state index contributed by atoms with van der Waals surface area (Å²) in [5, 5.41) is 0.718. The highest BCUT2D eigenvalue weighted by molar-refractivity contribution is 5.92. The summed E-state index contributed by atoms with van der Waals surface area (Å²) in [5.74, 6) is 6.75. The summed E-state index contributed by atoms with van der Waals surface area (Å²) in [6.07, 6.45) is 5.57. The minimum Gasteiger partial charge on any atom is -0.423 e. The lowest BCUT2D eigenvalue weighted by Crippen LogP contribution is -2.27. The summed E-state index contributed by atoms with van der Waals surface area (Å²) in [5.41, 5.74) is 9.92. The number of benzene rings is 1. The summed E-state index contributed by atoms with van der Waals surface area (Å²) in [6.45, 7) is 4.84. The maximum Gasteiger partial charge on any atom is 0.297 e. The lowest BCUT2D eigenvalue weighted by atomic mass is 10.2. The van der Waals surface area contributed by atoms with Crippen LogP contribution in [-0.4, -0.2) is 57.5 Å². The summed E-state index contributed by atoms with van der Waals surface area (Å²) in [7, 11) is 3.76. The van der Waals surface area contributed by atoms with Gasteiger partial charge in [0.05, 0.1) is 17.0 Å². The van der Waals surface area contributed by atoms with Gasteiger partial charge >= 0.3 is 0 Å². The zero-order chi connectivity index (χ0) is 23.1. The molecule has 0 spiro atoms. The largest absolute Gasteiger partial charge is 0.423 e. The highest BCUT2D eigenvalue weighted by atomic mass is 16.4. The molecule has 9 heteroatoms. The van der Waals surface area contributed by atoms with Gasteiger partial charge in [-0.25, -0.2) is 9.97 Å². The number of carbonyl (C=O) groups is 1. The van der Waals surface area contributed by atoms with Crippen LogP contribution in [0.25, 0.3) is 22.1 Å². The van der Waals surface area contributed by atoms with Crippen LogP contribution >= 0.6 is 0 Å². The second-order valence-corrected chi connectivity index (χ2v) is 8.16. The average molecular weight is 441 g/mol. The van der Waals surface area contributed by atoms with E-state index in [0.717, 1.165) is 28.5 Å². The van der Waals surface area contributed by atoms with Crippen LogP contribution < -0.4 is 10.6 Å². The molecule has 9 nitrogen and oxygen atoms in total. The monoisotopic (exact) mass is 441 g/mol. The fourth-order valence-corrected chi connectivity index (χ4v) is 4.10. The van der Waals surface area contributed by atoms with E-state index in [1.807, 2.05) is 43.4 Å². The molecule has 0 unspecified atom stereocenters. The van der Waals surface area contributed by atoms with E-state index in [2.05, 4.69) is 37.9 Å². The molecular weight excluding hydrogens is 418 g/mol. The molecule has 1 saturated heterocycles. The number of rotatable bonds is 3. The Morgan fingerprint density at radius 2 is 2.18 bits per heavy atom. The molecule has 1 atom stereocenters. The molecule has 1 fully saturated rings. The van der Waals surface area contributed by atoms with Crippen molar-refractivity contribution in [3.05, 3.63) is 54.5 Å². The minimum absolute atomic E-state index is 0.0659. The van der Waals surface area contributed by atoms with Gasteiger partial charge in [-0.05, 0) is 30.7 Å².